The lowest BCUT2D eigenvalue weighted by molar-refractivity contribution is 0.0211. The highest BCUT2D eigenvalue weighted by Gasteiger charge is 2.19. The van der Waals surface area contributed by atoms with E-state index in [0.29, 0.717) is 11.8 Å². The van der Waals surface area contributed by atoms with Crippen LogP contribution in [0, 0.1) is 13.8 Å². The molecule has 1 aliphatic heterocycles. The molecule has 0 spiro atoms. The van der Waals surface area contributed by atoms with Crippen molar-refractivity contribution in [2.75, 3.05) is 18.5 Å². The molecule has 0 amide bonds. The van der Waals surface area contributed by atoms with Gasteiger partial charge in [0.1, 0.15) is 5.75 Å². The normalized spacial score (nSPS) is 16.4. The van der Waals surface area contributed by atoms with Crippen LogP contribution in [-0.2, 0) is 4.74 Å². The summed E-state index contributed by atoms with van der Waals surface area (Å²) in [6.07, 6.45) is 0. The highest BCUT2D eigenvalue weighted by molar-refractivity contribution is 5.59. The molecule has 0 radical (unpaired) electrons. The summed E-state index contributed by atoms with van der Waals surface area (Å²) < 4.78 is 5.08. The predicted molar refractivity (Wildman–Crippen MR) is 55.8 cm³/mol. The quantitative estimate of drug-likeness (QED) is 0.752. The van der Waals surface area contributed by atoms with Gasteiger partial charge in [0.15, 0.2) is 0 Å². The van der Waals surface area contributed by atoms with E-state index in [9.17, 15) is 5.11 Å². The minimum Gasteiger partial charge on any atom is -0.507 e. The number of aryl methyl sites for hydroxylation is 1. The van der Waals surface area contributed by atoms with Gasteiger partial charge in [0.05, 0.1) is 19.3 Å². The van der Waals surface area contributed by atoms with E-state index in [-0.39, 0.29) is 0 Å². The summed E-state index contributed by atoms with van der Waals surface area (Å²) >= 11 is 0. The van der Waals surface area contributed by atoms with E-state index in [1.807, 2.05) is 26.0 Å². The fourth-order valence-electron chi connectivity index (χ4n) is 1.53. The number of anilines is 1. The molecule has 3 heteroatoms. The van der Waals surface area contributed by atoms with Crippen molar-refractivity contribution >= 4 is 5.69 Å². The minimum atomic E-state index is 0.384. The van der Waals surface area contributed by atoms with Gasteiger partial charge in [0.25, 0.3) is 0 Å². The smallest absolute Gasteiger partial charge is 0.123 e. The molecule has 0 bridgehead atoms. The van der Waals surface area contributed by atoms with Gasteiger partial charge in [0.2, 0.25) is 0 Å². The Morgan fingerprint density at radius 2 is 2.07 bits per heavy atom. The highest BCUT2D eigenvalue weighted by Crippen LogP contribution is 2.28. The number of aromatic hydroxyl groups is 1. The van der Waals surface area contributed by atoms with Crippen molar-refractivity contribution in [1.29, 1.82) is 0 Å². The van der Waals surface area contributed by atoms with Crippen LogP contribution < -0.4 is 5.32 Å². The number of phenols is 1. The second-order valence-corrected chi connectivity index (χ2v) is 3.78. The van der Waals surface area contributed by atoms with Gasteiger partial charge in [0, 0.05) is 11.3 Å². The van der Waals surface area contributed by atoms with E-state index in [1.54, 1.807) is 0 Å². The average molecular weight is 193 g/mol. The molecule has 0 saturated carbocycles. The molecule has 1 aromatic rings. The third kappa shape index (κ3) is 1.55. The molecule has 0 aromatic heterocycles. The molecule has 0 aliphatic carbocycles. The van der Waals surface area contributed by atoms with Crippen LogP contribution in [-0.4, -0.2) is 24.4 Å². The number of rotatable bonds is 2. The van der Waals surface area contributed by atoms with Crippen LogP contribution in [0.1, 0.15) is 11.1 Å². The summed E-state index contributed by atoms with van der Waals surface area (Å²) in [6, 6.07) is 4.32. The Morgan fingerprint density at radius 1 is 1.36 bits per heavy atom. The van der Waals surface area contributed by atoms with Gasteiger partial charge in [-0.1, -0.05) is 6.07 Å². The molecular weight excluding hydrogens is 178 g/mol. The van der Waals surface area contributed by atoms with Crippen LogP contribution in [0.4, 0.5) is 5.69 Å². The Kier molecular flexibility index (Phi) is 2.33. The number of nitrogens with one attached hydrogen (secondary N) is 1. The van der Waals surface area contributed by atoms with E-state index < -0.39 is 0 Å². The van der Waals surface area contributed by atoms with Gasteiger partial charge in [-0.25, -0.2) is 0 Å². The van der Waals surface area contributed by atoms with Crippen molar-refractivity contribution < 1.29 is 9.84 Å². The summed E-state index contributed by atoms with van der Waals surface area (Å²) in [4.78, 5) is 0. The van der Waals surface area contributed by atoms with Crippen molar-refractivity contribution in [2.45, 2.75) is 19.9 Å². The zero-order chi connectivity index (χ0) is 10.1. The highest BCUT2D eigenvalue weighted by atomic mass is 16.5. The number of hydrogen-bond donors (Lipinski definition) is 2. The minimum absolute atomic E-state index is 0.384. The molecule has 2 N–H and O–H groups in total. The molecule has 0 atom stereocenters. The Morgan fingerprint density at radius 3 is 2.64 bits per heavy atom. The van der Waals surface area contributed by atoms with Crippen LogP contribution in [0.5, 0.6) is 5.75 Å². The molecule has 1 aromatic carbocycles. The number of phenolic OH excluding ortho intramolecular Hbond substituents is 1. The lowest BCUT2D eigenvalue weighted by atomic mass is 10.1. The predicted octanol–water partition coefficient (Wildman–Crippen LogP) is 1.82. The Bertz CT molecular complexity index is 345. The van der Waals surface area contributed by atoms with E-state index >= 15 is 0 Å². The van der Waals surface area contributed by atoms with E-state index in [1.165, 1.54) is 0 Å². The lowest BCUT2D eigenvalue weighted by Crippen LogP contribution is -2.40. The molecular formula is C11H15NO2. The van der Waals surface area contributed by atoms with Gasteiger partial charge < -0.3 is 15.2 Å². The molecule has 1 aliphatic rings. The van der Waals surface area contributed by atoms with Gasteiger partial charge in [-0.15, -0.1) is 0 Å². The topological polar surface area (TPSA) is 41.5 Å². The standard InChI is InChI=1S/C11H15NO2/c1-7-3-4-10(8(2)11(7)13)12-9-5-14-6-9/h3-4,9,12-13H,5-6H2,1-2H3. The monoisotopic (exact) mass is 193 g/mol. The molecule has 1 heterocycles. The molecule has 0 unspecified atom stereocenters. The SMILES string of the molecule is Cc1ccc(NC2COC2)c(C)c1O. The van der Waals surface area contributed by atoms with Crippen molar-refractivity contribution in [2.24, 2.45) is 0 Å². The first-order chi connectivity index (χ1) is 6.68. The first kappa shape index (κ1) is 9.34. The second-order valence-electron chi connectivity index (χ2n) is 3.78. The number of hydrogen-bond acceptors (Lipinski definition) is 3. The van der Waals surface area contributed by atoms with Crippen molar-refractivity contribution in [3.8, 4) is 5.75 Å². The lowest BCUT2D eigenvalue weighted by Gasteiger charge is -2.28. The maximum Gasteiger partial charge on any atom is 0.123 e. The Labute approximate surface area is 83.7 Å². The zero-order valence-electron chi connectivity index (χ0n) is 8.50. The van der Waals surface area contributed by atoms with Crippen molar-refractivity contribution in [1.82, 2.24) is 0 Å². The van der Waals surface area contributed by atoms with Crippen LogP contribution in [0.15, 0.2) is 12.1 Å². The molecule has 3 nitrogen and oxygen atoms in total. The number of benzene rings is 1. The first-order valence-corrected chi connectivity index (χ1v) is 4.82. The summed E-state index contributed by atoms with van der Waals surface area (Å²) in [5.41, 5.74) is 2.83. The summed E-state index contributed by atoms with van der Waals surface area (Å²) in [5, 5.41) is 13.0. The van der Waals surface area contributed by atoms with E-state index in [4.69, 9.17) is 4.74 Å². The Hall–Kier alpha value is -1.22. The van der Waals surface area contributed by atoms with Crippen LogP contribution in [0.25, 0.3) is 0 Å². The second kappa shape index (κ2) is 3.50. The molecule has 1 saturated heterocycles. The van der Waals surface area contributed by atoms with Crippen molar-refractivity contribution in [3.05, 3.63) is 23.3 Å². The van der Waals surface area contributed by atoms with Gasteiger partial charge in [-0.2, -0.15) is 0 Å². The maximum absolute atomic E-state index is 9.72. The number of ether oxygens (including phenoxy) is 1. The third-order valence-corrected chi connectivity index (χ3v) is 2.63. The summed E-state index contributed by atoms with van der Waals surface area (Å²) in [5.74, 6) is 0.384. The molecule has 2 rings (SSSR count). The van der Waals surface area contributed by atoms with Crippen LogP contribution >= 0.6 is 0 Å². The maximum atomic E-state index is 9.72. The molecule has 76 valence electrons. The Balaban J connectivity index is 2.20. The average Bonchev–Trinajstić information content (AvgIpc) is 2.10. The molecule has 1 fully saturated rings. The van der Waals surface area contributed by atoms with Gasteiger partial charge >= 0.3 is 0 Å². The van der Waals surface area contributed by atoms with E-state index in [2.05, 4.69) is 5.32 Å². The fraction of sp³-hybridized carbons (Fsp3) is 0.455. The van der Waals surface area contributed by atoms with Gasteiger partial charge in [-0.05, 0) is 25.5 Å². The fourth-order valence-corrected chi connectivity index (χ4v) is 1.53. The van der Waals surface area contributed by atoms with E-state index in [0.717, 1.165) is 30.0 Å². The third-order valence-electron chi connectivity index (χ3n) is 2.63. The molecule has 14 heavy (non-hydrogen) atoms. The summed E-state index contributed by atoms with van der Waals surface area (Å²) in [6.45, 7) is 5.34. The largest absolute Gasteiger partial charge is 0.507 e. The summed E-state index contributed by atoms with van der Waals surface area (Å²) in [7, 11) is 0. The van der Waals surface area contributed by atoms with Crippen LogP contribution in [0.2, 0.25) is 0 Å². The van der Waals surface area contributed by atoms with Crippen molar-refractivity contribution in [3.63, 3.8) is 0 Å². The van der Waals surface area contributed by atoms with Gasteiger partial charge in [-0.3, -0.25) is 0 Å². The first-order valence-electron chi connectivity index (χ1n) is 4.82. The van der Waals surface area contributed by atoms with Crippen LogP contribution in [0.3, 0.4) is 0 Å². The zero-order valence-corrected chi connectivity index (χ0v) is 8.50.